The quantitative estimate of drug-likeness (QED) is 0.375. The van der Waals surface area contributed by atoms with Gasteiger partial charge in [-0.15, -0.1) is 16.8 Å². The maximum absolute atomic E-state index is 12.4. The van der Waals surface area contributed by atoms with Gasteiger partial charge in [0.2, 0.25) is 5.91 Å². The van der Waals surface area contributed by atoms with Crippen molar-refractivity contribution < 1.29 is 9.53 Å². The molecule has 0 unspecified atom stereocenters. The van der Waals surface area contributed by atoms with Gasteiger partial charge >= 0.3 is 0 Å². The average molecular weight is 423 g/mol. The fourth-order valence-electron chi connectivity index (χ4n) is 2.92. The number of allylic oxidation sites excluding steroid dienone is 1. The molecule has 7 heteroatoms. The second-order valence-corrected chi connectivity index (χ2v) is 7.49. The van der Waals surface area contributed by atoms with E-state index in [9.17, 15) is 4.79 Å². The van der Waals surface area contributed by atoms with Crippen LogP contribution in [0.3, 0.4) is 0 Å². The van der Waals surface area contributed by atoms with Crippen molar-refractivity contribution in [2.45, 2.75) is 32.0 Å². The van der Waals surface area contributed by atoms with E-state index in [1.54, 1.807) is 6.08 Å². The minimum atomic E-state index is -0.0833. The second kappa shape index (κ2) is 10.6. The number of aryl methyl sites for hydroxylation is 1. The predicted molar refractivity (Wildman–Crippen MR) is 122 cm³/mol. The number of thioether (sulfide) groups is 1. The molecule has 156 valence electrons. The number of ether oxygens (including phenoxy) is 1. The maximum Gasteiger partial charge on any atom is 0.234 e. The summed E-state index contributed by atoms with van der Waals surface area (Å²) in [6, 6.07) is 15.6. The van der Waals surface area contributed by atoms with Gasteiger partial charge in [-0.3, -0.25) is 9.36 Å². The molecule has 1 heterocycles. The number of anilines is 1. The van der Waals surface area contributed by atoms with Gasteiger partial charge in [0.05, 0.1) is 12.4 Å². The summed E-state index contributed by atoms with van der Waals surface area (Å²) >= 11 is 1.35. The molecule has 0 bridgehead atoms. The van der Waals surface area contributed by atoms with Crippen molar-refractivity contribution in [3.8, 4) is 17.1 Å². The molecule has 0 aliphatic rings. The molecule has 1 aromatic heterocycles. The summed E-state index contributed by atoms with van der Waals surface area (Å²) in [5.41, 5.74) is 2.96. The summed E-state index contributed by atoms with van der Waals surface area (Å²) in [5, 5.41) is 12.2. The molecule has 3 aromatic rings. The van der Waals surface area contributed by atoms with Crippen LogP contribution in [0.5, 0.6) is 5.75 Å². The molecule has 0 aliphatic carbocycles. The fraction of sp³-hybridized carbons (Fsp3) is 0.261. The highest BCUT2D eigenvalue weighted by Crippen LogP contribution is 2.26. The number of benzene rings is 2. The molecule has 1 N–H and O–H groups in total. The standard InChI is InChI=1S/C23H26N4O2S/c1-4-15-27-22(18-9-13-20(14-10-18)29-6-3)25-26-23(27)30-16-21(28)24-19-11-7-17(5-2)8-12-19/h4,7-14H,1,5-6,15-16H2,2-3H3,(H,24,28). The number of hydrogen-bond donors (Lipinski definition) is 1. The van der Waals surface area contributed by atoms with Crippen LogP contribution < -0.4 is 10.1 Å². The Morgan fingerprint density at radius 1 is 1.13 bits per heavy atom. The number of hydrogen-bond acceptors (Lipinski definition) is 5. The Morgan fingerprint density at radius 2 is 1.87 bits per heavy atom. The maximum atomic E-state index is 12.4. The van der Waals surface area contributed by atoms with Crippen LogP contribution in [0.25, 0.3) is 11.4 Å². The monoisotopic (exact) mass is 422 g/mol. The van der Waals surface area contributed by atoms with Crippen LogP contribution in [0.15, 0.2) is 66.3 Å². The largest absolute Gasteiger partial charge is 0.494 e. The number of amides is 1. The van der Waals surface area contributed by atoms with Gasteiger partial charge < -0.3 is 10.1 Å². The molecule has 0 saturated heterocycles. The highest BCUT2D eigenvalue weighted by Gasteiger charge is 2.15. The van der Waals surface area contributed by atoms with Crippen molar-refractivity contribution in [3.05, 3.63) is 66.7 Å². The third kappa shape index (κ3) is 5.51. The van der Waals surface area contributed by atoms with Crippen molar-refractivity contribution in [1.82, 2.24) is 14.8 Å². The molecule has 2 aromatic carbocycles. The molecule has 6 nitrogen and oxygen atoms in total. The third-order valence-corrected chi connectivity index (χ3v) is 5.40. The zero-order valence-corrected chi connectivity index (χ0v) is 18.1. The summed E-state index contributed by atoms with van der Waals surface area (Å²) in [5.74, 6) is 1.71. The lowest BCUT2D eigenvalue weighted by molar-refractivity contribution is -0.113. The van der Waals surface area contributed by atoms with Gasteiger partial charge in [-0.1, -0.05) is 36.9 Å². The third-order valence-electron chi connectivity index (χ3n) is 4.43. The van der Waals surface area contributed by atoms with Crippen molar-refractivity contribution in [2.24, 2.45) is 0 Å². The Labute approximate surface area is 181 Å². The first-order chi connectivity index (χ1) is 14.6. The van der Waals surface area contributed by atoms with E-state index in [1.807, 2.05) is 60.0 Å². The molecule has 3 rings (SSSR count). The lowest BCUT2D eigenvalue weighted by Gasteiger charge is -2.09. The van der Waals surface area contributed by atoms with E-state index >= 15 is 0 Å². The summed E-state index contributed by atoms with van der Waals surface area (Å²) in [6.45, 7) is 9.06. The molecule has 0 saturated carbocycles. The minimum absolute atomic E-state index is 0.0833. The number of rotatable bonds is 10. The first-order valence-electron chi connectivity index (χ1n) is 9.93. The van der Waals surface area contributed by atoms with Crippen LogP contribution >= 0.6 is 11.8 Å². The van der Waals surface area contributed by atoms with Crippen molar-refractivity contribution in [1.29, 1.82) is 0 Å². The second-order valence-electron chi connectivity index (χ2n) is 6.55. The molecule has 0 aliphatic heterocycles. The summed E-state index contributed by atoms with van der Waals surface area (Å²) in [6.07, 6.45) is 2.76. The Morgan fingerprint density at radius 3 is 2.50 bits per heavy atom. The van der Waals surface area contributed by atoms with E-state index in [-0.39, 0.29) is 11.7 Å². The summed E-state index contributed by atoms with van der Waals surface area (Å²) < 4.78 is 7.45. The lowest BCUT2D eigenvalue weighted by atomic mass is 10.1. The van der Waals surface area contributed by atoms with Crippen LogP contribution in [0.4, 0.5) is 5.69 Å². The zero-order chi connectivity index (χ0) is 21.3. The van der Waals surface area contributed by atoms with E-state index in [2.05, 4.69) is 29.0 Å². The van der Waals surface area contributed by atoms with Crippen LogP contribution in [-0.4, -0.2) is 33.0 Å². The minimum Gasteiger partial charge on any atom is -0.494 e. The molecule has 0 fully saturated rings. The highest BCUT2D eigenvalue weighted by molar-refractivity contribution is 7.99. The molecule has 0 spiro atoms. The summed E-state index contributed by atoms with van der Waals surface area (Å²) in [7, 11) is 0. The van der Waals surface area contributed by atoms with Crippen molar-refractivity contribution in [3.63, 3.8) is 0 Å². The topological polar surface area (TPSA) is 69.0 Å². The van der Waals surface area contributed by atoms with E-state index in [0.717, 1.165) is 29.2 Å². The lowest BCUT2D eigenvalue weighted by Crippen LogP contribution is -2.14. The Hall–Kier alpha value is -3.06. The van der Waals surface area contributed by atoms with Crippen LogP contribution in [-0.2, 0) is 17.8 Å². The summed E-state index contributed by atoms with van der Waals surface area (Å²) in [4.78, 5) is 12.4. The van der Waals surface area contributed by atoms with Gasteiger partial charge in [0.15, 0.2) is 11.0 Å². The zero-order valence-electron chi connectivity index (χ0n) is 17.3. The first kappa shape index (κ1) is 21.6. The van der Waals surface area contributed by atoms with E-state index < -0.39 is 0 Å². The van der Waals surface area contributed by atoms with Gasteiger partial charge in [0, 0.05) is 17.8 Å². The van der Waals surface area contributed by atoms with Gasteiger partial charge in [0.25, 0.3) is 0 Å². The highest BCUT2D eigenvalue weighted by atomic mass is 32.2. The molecular formula is C23H26N4O2S. The molecule has 1 amide bonds. The Balaban J connectivity index is 1.68. The molecule has 0 radical (unpaired) electrons. The normalized spacial score (nSPS) is 10.6. The number of carbonyl (C=O) groups excluding carboxylic acids is 1. The molecule has 0 atom stereocenters. The van der Waals surface area contributed by atoms with E-state index in [1.165, 1.54) is 17.3 Å². The van der Waals surface area contributed by atoms with E-state index in [4.69, 9.17) is 4.74 Å². The van der Waals surface area contributed by atoms with Crippen molar-refractivity contribution >= 4 is 23.4 Å². The number of nitrogens with one attached hydrogen (secondary N) is 1. The molecule has 30 heavy (non-hydrogen) atoms. The number of aromatic nitrogens is 3. The predicted octanol–water partition coefficient (Wildman–Crippen LogP) is 4.82. The SMILES string of the molecule is C=CCn1c(SCC(=O)Nc2ccc(CC)cc2)nnc1-c1ccc(OCC)cc1. The number of nitrogens with zero attached hydrogens (tertiary/aromatic N) is 3. The Bertz CT molecular complexity index is 981. The van der Waals surface area contributed by atoms with Crippen LogP contribution in [0, 0.1) is 0 Å². The van der Waals surface area contributed by atoms with Gasteiger partial charge in [-0.05, 0) is 55.3 Å². The molecular weight excluding hydrogens is 396 g/mol. The van der Waals surface area contributed by atoms with Gasteiger partial charge in [-0.2, -0.15) is 0 Å². The Kier molecular flexibility index (Phi) is 7.68. The van der Waals surface area contributed by atoms with Gasteiger partial charge in [0.1, 0.15) is 5.75 Å². The smallest absolute Gasteiger partial charge is 0.234 e. The number of carbonyl (C=O) groups is 1. The van der Waals surface area contributed by atoms with Crippen LogP contribution in [0.1, 0.15) is 19.4 Å². The fourth-order valence-corrected chi connectivity index (χ4v) is 3.67. The van der Waals surface area contributed by atoms with Gasteiger partial charge in [-0.25, -0.2) is 0 Å². The van der Waals surface area contributed by atoms with Crippen molar-refractivity contribution in [2.75, 3.05) is 17.7 Å². The first-order valence-corrected chi connectivity index (χ1v) is 10.9. The average Bonchev–Trinajstić information content (AvgIpc) is 3.16. The van der Waals surface area contributed by atoms with E-state index in [0.29, 0.717) is 18.3 Å². The van der Waals surface area contributed by atoms with Crippen LogP contribution in [0.2, 0.25) is 0 Å².